The maximum absolute atomic E-state index is 13.0. The second-order valence-corrected chi connectivity index (χ2v) is 7.17. The number of hydrogen-bond acceptors (Lipinski definition) is 3. The van der Waals surface area contributed by atoms with E-state index in [9.17, 15) is 14.3 Å². The van der Waals surface area contributed by atoms with Crippen LogP contribution in [0, 0.1) is 5.82 Å². The molecule has 0 fully saturated rings. The van der Waals surface area contributed by atoms with Crippen LogP contribution in [-0.4, -0.2) is 16.8 Å². The summed E-state index contributed by atoms with van der Waals surface area (Å²) in [4.78, 5) is 11.8. The average molecular weight is 396 g/mol. The number of anilines is 1. The molecule has 1 amide bonds. The standard InChI is InChI=1S/C18H19BrFNO3/c1-18(2,3)24-17(23)21-13-8-9-14(15(19)10-13)16(22)11-4-6-12(20)7-5-11/h4-10,16,22H,1-3H3,(H,21,23). The molecule has 2 aromatic rings. The molecule has 1 unspecified atom stereocenters. The lowest BCUT2D eigenvalue weighted by molar-refractivity contribution is 0.0636. The first-order valence-corrected chi connectivity index (χ1v) is 8.18. The van der Waals surface area contributed by atoms with Crippen molar-refractivity contribution in [3.05, 3.63) is 63.9 Å². The van der Waals surface area contributed by atoms with Crippen LogP contribution < -0.4 is 5.32 Å². The molecule has 4 nitrogen and oxygen atoms in total. The molecule has 0 radical (unpaired) electrons. The summed E-state index contributed by atoms with van der Waals surface area (Å²) in [6, 6.07) is 10.7. The van der Waals surface area contributed by atoms with Gasteiger partial charge in [-0.25, -0.2) is 9.18 Å². The van der Waals surface area contributed by atoms with Crippen molar-refractivity contribution in [3.63, 3.8) is 0 Å². The second kappa shape index (κ2) is 7.32. The van der Waals surface area contributed by atoms with Crippen molar-refractivity contribution in [1.82, 2.24) is 0 Å². The van der Waals surface area contributed by atoms with Gasteiger partial charge in [0.15, 0.2) is 0 Å². The van der Waals surface area contributed by atoms with Crippen LogP contribution in [-0.2, 0) is 4.74 Å². The van der Waals surface area contributed by atoms with Gasteiger partial charge in [0, 0.05) is 10.2 Å². The highest BCUT2D eigenvalue weighted by atomic mass is 79.9. The van der Waals surface area contributed by atoms with E-state index in [-0.39, 0.29) is 5.82 Å². The lowest BCUT2D eigenvalue weighted by Crippen LogP contribution is -2.27. The number of halogens is 2. The summed E-state index contributed by atoms with van der Waals surface area (Å²) in [5.74, 6) is -0.359. The molecule has 6 heteroatoms. The van der Waals surface area contributed by atoms with Gasteiger partial charge in [-0.05, 0) is 56.2 Å². The van der Waals surface area contributed by atoms with E-state index in [2.05, 4.69) is 21.2 Å². The Labute approximate surface area is 148 Å². The molecule has 128 valence electrons. The van der Waals surface area contributed by atoms with Gasteiger partial charge in [-0.1, -0.05) is 34.1 Å². The third-order valence-electron chi connectivity index (χ3n) is 3.13. The first-order chi connectivity index (χ1) is 11.2. The van der Waals surface area contributed by atoms with Gasteiger partial charge < -0.3 is 9.84 Å². The quantitative estimate of drug-likeness (QED) is 0.766. The lowest BCUT2D eigenvalue weighted by atomic mass is 10.0. The average Bonchev–Trinajstić information content (AvgIpc) is 2.45. The molecule has 0 saturated heterocycles. The van der Waals surface area contributed by atoms with Crippen LogP contribution in [0.4, 0.5) is 14.9 Å². The Kier molecular flexibility index (Phi) is 5.62. The molecular formula is C18H19BrFNO3. The molecule has 0 spiro atoms. The number of aliphatic hydroxyl groups excluding tert-OH is 1. The van der Waals surface area contributed by atoms with Gasteiger partial charge in [0.05, 0.1) is 0 Å². The molecule has 2 N–H and O–H groups in total. The van der Waals surface area contributed by atoms with E-state index < -0.39 is 17.8 Å². The molecule has 0 aliphatic rings. The zero-order valence-corrected chi connectivity index (χ0v) is 15.2. The molecule has 2 rings (SSSR count). The minimum absolute atomic E-state index is 0.359. The van der Waals surface area contributed by atoms with E-state index in [1.165, 1.54) is 24.3 Å². The lowest BCUT2D eigenvalue weighted by Gasteiger charge is -2.20. The fraction of sp³-hybridized carbons (Fsp3) is 0.278. The van der Waals surface area contributed by atoms with Crippen molar-refractivity contribution in [2.24, 2.45) is 0 Å². The zero-order valence-electron chi connectivity index (χ0n) is 13.6. The van der Waals surface area contributed by atoms with Gasteiger partial charge >= 0.3 is 6.09 Å². The van der Waals surface area contributed by atoms with Crippen molar-refractivity contribution < 1.29 is 19.0 Å². The number of carbonyl (C=O) groups excluding carboxylic acids is 1. The van der Waals surface area contributed by atoms with Crippen LogP contribution in [0.15, 0.2) is 46.9 Å². The first-order valence-electron chi connectivity index (χ1n) is 7.39. The molecule has 24 heavy (non-hydrogen) atoms. The van der Waals surface area contributed by atoms with E-state index in [0.717, 1.165) is 0 Å². The van der Waals surface area contributed by atoms with Gasteiger partial charge in [0.2, 0.25) is 0 Å². The maximum Gasteiger partial charge on any atom is 0.412 e. The Morgan fingerprint density at radius 1 is 1.21 bits per heavy atom. The van der Waals surface area contributed by atoms with Gasteiger partial charge in [-0.3, -0.25) is 5.32 Å². The largest absolute Gasteiger partial charge is 0.444 e. The molecule has 0 aliphatic carbocycles. The van der Waals surface area contributed by atoms with Crippen molar-refractivity contribution in [1.29, 1.82) is 0 Å². The van der Waals surface area contributed by atoms with Crippen LogP contribution in [0.5, 0.6) is 0 Å². The minimum atomic E-state index is -0.907. The number of ether oxygens (including phenoxy) is 1. The summed E-state index contributed by atoms with van der Waals surface area (Å²) in [5, 5.41) is 13.1. The highest BCUT2D eigenvalue weighted by Crippen LogP contribution is 2.31. The third kappa shape index (κ3) is 5.04. The highest BCUT2D eigenvalue weighted by Gasteiger charge is 2.18. The minimum Gasteiger partial charge on any atom is -0.444 e. The van der Waals surface area contributed by atoms with Crippen LogP contribution in [0.1, 0.15) is 38.0 Å². The van der Waals surface area contributed by atoms with Crippen LogP contribution in [0.2, 0.25) is 0 Å². The summed E-state index contributed by atoms with van der Waals surface area (Å²) in [7, 11) is 0. The highest BCUT2D eigenvalue weighted by molar-refractivity contribution is 9.10. The normalized spacial score (nSPS) is 12.6. The number of carbonyl (C=O) groups is 1. The smallest absolute Gasteiger partial charge is 0.412 e. The Balaban J connectivity index is 2.14. The van der Waals surface area contributed by atoms with E-state index in [4.69, 9.17) is 4.74 Å². The summed E-state index contributed by atoms with van der Waals surface area (Å²) >= 11 is 3.38. The number of nitrogens with one attached hydrogen (secondary N) is 1. The second-order valence-electron chi connectivity index (χ2n) is 6.32. The fourth-order valence-electron chi connectivity index (χ4n) is 2.07. The monoisotopic (exact) mass is 395 g/mol. The number of amides is 1. The number of hydrogen-bond donors (Lipinski definition) is 2. The van der Waals surface area contributed by atoms with E-state index in [0.29, 0.717) is 21.3 Å². The molecule has 0 saturated carbocycles. The van der Waals surface area contributed by atoms with E-state index in [1.54, 1.807) is 39.0 Å². The number of rotatable bonds is 3. The number of benzene rings is 2. The Bertz CT molecular complexity index is 726. The van der Waals surface area contributed by atoms with E-state index in [1.807, 2.05) is 0 Å². The Morgan fingerprint density at radius 2 is 1.83 bits per heavy atom. The Morgan fingerprint density at radius 3 is 2.38 bits per heavy atom. The van der Waals surface area contributed by atoms with Gasteiger partial charge in [0.25, 0.3) is 0 Å². The fourth-order valence-corrected chi connectivity index (χ4v) is 2.67. The van der Waals surface area contributed by atoms with Crippen molar-refractivity contribution in [2.45, 2.75) is 32.5 Å². The van der Waals surface area contributed by atoms with Crippen molar-refractivity contribution >= 4 is 27.7 Å². The van der Waals surface area contributed by atoms with Gasteiger partial charge in [-0.2, -0.15) is 0 Å². The van der Waals surface area contributed by atoms with E-state index >= 15 is 0 Å². The predicted octanol–water partition coefficient (Wildman–Crippen LogP) is 5.02. The molecular weight excluding hydrogens is 377 g/mol. The SMILES string of the molecule is CC(C)(C)OC(=O)Nc1ccc(C(O)c2ccc(F)cc2)c(Br)c1. The Hall–Kier alpha value is -1.92. The zero-order chi connectivity index (χ0) is 17.9. The van der Waals surface area contributed by atoms with Crippen LogP contribution in [0.3, 0.4) is 0 Å². The molecule has 2 aromatic carbocycles. The van der Waals surface area contributed by atoms with Crippen molar-refractivity contribution in [3.8, 4) is 0 Å². The summed E-state index contributed by atoms with van der Waals surface area (Å²) in [6.45, 7) is 5.35. The third-order valence-corrected chi connectivity index (χ3v) is 3.81. The maximum atomic E-state index is 13.0. The number of aliphatic hydroxyl groups is 1. The first kappa shape index (κ1) is 18.4. The van der Waals surface area contributed by atoms with Gasteiger partial charge in [-0.15, -0.1) is 0 Å². The molecule has 0 bridgehead atoms. The summed E-state index contributed by atoms with van der Waals surface area (Å²) in [6.07, 6.45) is -1.46. The molecule has 0 heterocycles. The topological polar surface area (TPSA) is 58.6 Å². The summed E-state index contributed by atoms with van der Waals surface area (Å²) < 4.78 is 18.8. The van der Waals surface area contributed by atoms with Gasteiger partial charge in [0.1, 0.15) is 17.5 Å². The molecule has 0 aromatic heterocycles. The molecule has 0 aliphatic heterocycles. The van der Waals surface area contributed by atoms with Crippen LogP contribution in [0.25, 0.3) is 0 Å². The summed E-state index contributed by atoms with van der Waals surface area (Å²) in [5.41, 5.74) is 1.13. The molecule has 1 atom stereocenters. The van der Waals surface area contributed by atoms with Crippen molar-refractivity contribution in [2.75, 3.05) is 5.32 Å². The predicted molar refractivity (Wildman–Crippen MR) is 94.5 cm³/mol. The van der Waals surface area contributed by atoms with Crippen LogP contribution >= 0.6 is 15.9 Å².